The first-order valence-corrected chi connectivity index (χ1v) is 5.04. The summed E-state index contributed by atoms with van der Waals surface area (Å²) in [5.74, 6) is 0. The molecule has 0 unspecified atom stereocenters. The largest absolute Gasteiger partial charge is 0.417 e. The van der Waals surface area contributed by atoms with Gasteiger partial charge in [0.15, 0.2) is 0 Å². The van der Waals surface area contributed by atoms with Crippen LogP contribution in [0.1, 0.15) is 11.1 Å². The highest BCUT2D eigenvalue weighted by atomic mass is 19.4. The molecule has 0 atom stereocenters. The lowest BCUT2D eigenvalue weighted by molar-refractivity contribution is -0.137. The fraction of sp³-hybridized carbons (Fsp3) is 0.0833. The van der Waals surface area contributed by atoms with Gasteiger partial charge in [-0.1, -0.05) is 29.4 Å². The van der Waals surface area contributed by atoms with Gasteiger partial charge in [-0.05, 0) is 17.2 Å². The molecule has 0 fully saturated rings. The standard InChI is InChI=1S/C12H9F3N2O/c13-12(14,15)10-5-11(16-7-10)9-3-1-8(2-4-9)6-17-18/h1-7,16,18H/b17-6-. The van der Waals surface area contributed by atoms with E-state index < -0.39 is 11.7 Å². The molecule has 0 saturated heterocycles. The fourth-order valence-electron chi connectivity index (χ4n) is 1.54. The van der Waals surface area contributed by atoms with Crippen molar-refractivity contribution in [3.8, 4) is 11.3 Å². The lowest BCUT2D eigenvalue weighted by Crippen LogP contribution is -2.02. The maximum Gasteiger partial charge on any atom is 0.417 e. The maximum atomic E-state index is 12.4. The van der Waals surface area contributed by atoms with Crippen molar-refractivity contribution in [3.05, 3.63) is 47.7 Å². The second-order valence-electron chi connectivity index (χ2n) is 3.67. The number of halogens is 3. The maximum absolute atomic E-state index is 12.4. The number of hydrogen-bond donors (Lipinski definition) is 2. The van der Waals surface area contributed by atoms with E-state index in [0.29, 0.717) is 16.8 Å². The Labute approximate surface area is 101 Å². The monoisotopic (exact) mass is 254 g/mol. The van der Waals surface area contributed by atoms with Gasteiger partial charge in [-0.25, -0.2) is 0 Å². The number of H-pyrrole nitrogens is 1. The molecule has 1 aromatic carbocycles. The van der Waals surface area contributed by atoms with Gasteiger partial charge in [-0.15, -0.1) is 0 Å². The van der Waals surface area contributed by atoms with Crippen LogP contribution in [0.2, 0.25) is 0 Å². The molecule has 2 N–H and O–H groups in total. The Balaban J connectivity index is 2.29. The molecule has 18 heavy (non-hydrogen) atoms. The van der Waals surface area contributed by atoms with Gasteiger partial charge < -0.3 is 10.2 Å². The summed E-state index contributed by atoms with van der Waals surface area (Å²) in [7, 11) is 0. The zero-order valence-corrected chi connectivity index (χ0v) is 9.07. The molecule has 0 bridgehead atoms. The number of aromatic nitrogens is 1. The highest BCUT2D eigenvalue weighted by Crippen LogP contribution is 2.32. The topological polar surface area (TPSA) is 48.4 Å². The highest BCUT2D eigenvalue weighted by molar-refractivity contribution is 5.80. The summed E-state index contributed by atoms with van der Waals surface area (Å²) in [4.78, 5) is 2.58. The first-order chi connectivity index (χ1) is 8.50. The molecule has 0 saturated carbocycles. The SMILES string of the molecule is O/N=C\c1ccc(-c2cc(C(F)(F)F)c[nH]2)cc1. The molecule has 0 aliphatic heterocycles. The summed E-state index contributed by atoms with van der Waals surface area (Å²) >= 11 is 0. The van der Waals surface area contributed by atoms with Crippen LogP contribution in [0.15, 0.2) is 41.7 Å². The van der Waals surface area contributed by atoms with E-state index in [9.17, 15) is 13.2 Å². The van der Waals surface area contributed by atoms with Crippen molar-refractivity contribution >= 4 is 6.21 Å². The normalized spacial score (nSPS) is 12.2. The van der Waals surface area contributed by atoms with Crippen LogP contribution in [0, 0.1) is 0 Å². The molecule has 94 valence electrons. The Hall–Kier alpha value is -2.24. The average molecular weight is 254 g/mol. The third-order valence-corrected chi connectivity index (χ3v) is 2.44. The number of hydrogen-bond acceptors (Lipinski definition) is 2. The van der Waals surface area contributed by atoms with Gasteiger partial charge in [0.25, 0.3) is 0 Å². The average Bonchev–Trinajstić information content (AvgIpc) is 2.79. The second-order valence-corrected chi connectivity index (χ2v) is 3.67. The fourth-order valence-corrected chi connectivity index (χ4v) is 1.54. The molecule has 3 nitrogen and oxygen atoms in total. The number of rotatable bonds is 2. The predicted molar refractivity (Wildman–Crippen MR) is 60.6 cm³/mol. The molecule has 0 radical (unpaired) electrons. The quantitative estimate of drug-likeness (QED) is 0.481. The van der Waals surface area contributed by atoms with Crippen molar-refractivity contribution in [2.24, 2.45) is 5.16 Å². The smallest absolute Gasteiger partial charge is 0.411 e. The molecule has 1 aromatic heterocycles. The van der Waals surface area contributed by atoms with Crippen LogP contribution in [-0.4, -0.2) is 16.4 Å². The first-order valence-electron chi connectivity index (χ1n) is 5.04. The van der Waals surface area contributed by atoms with Gasteiger partial charge in [-0.2, -0.15) is 13.2 Å². The Morgan fingerprint density at radius 3 is 2.33 bits per heavy atom. The van der Waals surface area contributed by atoms with E-state index in [1.807, 2.05) is 0 Å². The minimum Gasteiger partial charge on any atom is -0.411 e. The molecule has 0 amide bonds. The Morgan fingerprint density at radius 2 is 1.83 bits per heavy atom. The van der Waals surface area contributed by atoms with Crippen LogP contribution >= 0.6 is 0 Å². The third kappa shape index (κ3) is 2.53. The summed E-state index contributed by atoms with van der Waals surface area (Å²) < 4.78 is 37.2. The van der Waals surface area contributed by atoms with Crippen LogP contribution in [0.3, 0.4) is 0 Å². The van der Waals surface area contributed by atoms with Crippen molar-refractivity contribution in [2.75, 3.05) is 0 Å². The zero-order chi connectivity index (χ0) is 13.2. The number of alkyl halides is 3. The van der Waals surface area contributed by atoms with E-state index in [1.54, 1.807) is 24.3 Å². The number of oxime groups is 1. The van der Waals surface area contributed by atoms with Gasteiger partial charge in [0.2, 0.25) is 0 Å². The van der Waals surface area contributed by atoms with Gasteiger partial charge in [-0.3, -0.25) is 0 Å². The number of nitrogens with one attached hydrogen (secondary N) is 1. The van der Waals surface area contributed by atoms with Crippen molar-refractivity contribution in [1.82, 2.24) is 4.98 Å². The van der Waals surface area contributed by atoms with Crippen LogP contribution < -0.4 is 0 Å². The van der Waals surface area contributed by atoms with Gasteiger partial charge in [0.1, 0.15) is 0 Å². The van der Waals surface area contributed by atoms with Crippen LogP contribution in [0.4, 0.5) is 13.2 Å². The predicted octanol–water partition coefficient (Wildman–Crippen LogP) is 3.51. The minimum absolute atomic E-state index is 0.384. The van der Waals surface area contributed by atoms with E-state index in [1.165, 1.54) is 6.21 Å². The summed E-state index contributed by atoms with van der Waals surface area (Å²) in [6, 6.07) is 7.62. The highest BCUT2D eigenvalue weighted by Gasteiger charge is 2.31. The van der Waals surface area contributed by atoms with Crippen LogP contribution in [0.25, 0.3) is 11.3 Å². The minimum atomic E-state index is -4.35. The molecule has 2 rings (SSSR count). The van der Waals surface area contributed by atoms with E-state index in [-0.39, 0.29) is 0 Å². The Kier molecular flexibility index (Phi) is 3.10. The van der Waals surface area contributed by atoms with Gasteiger partial charge in [0.05, 0.1) is 11.8 Å². The molecule has 1 heterocycles. The summed E-state index contributed by atoms with van der Waals surface area (Å²) in [6.45, 7) is 0. The zero-order valence-electron chi connectivity index (χ0n) is 9.07. The molecule has 6 heteroatoms. The third-order valence-electron chi connectivity index (χ3n) is 2.44. The molecule has 2 aromatic rings. The van der Waals surface area contributed by atoms with E-state index in [2.05, 4.69) is 10.1 Å². The second kappa shape index (κ2) is 4.56. The Morgan fingerprint density at radius 1 is 1.17 bits per heavy atom. The van der Waals surface area contributed by atoms with Gasteiger partial charge in [0, 0.05) is 11.9 Å². The number of benzene rings is 1. The Bertz CT molecular complexity index is 555. The molecule has 0 aliphatic carbocycles. The number of nitrogens with zero attached hydrogens (tertiary/aromatic N) is 1. The van der Waals surface area contributed by atoms with Crippen LogP contribution in [-0.2, 0) is 6.18 Å². The summed E-state index contributed by atoms with van der Waals surface area (Å²) in [6.07, 6.45) is -2.18. The van der Waals surface area contributed by atoms with Crippen molar-refractivity contribution in [2.45, 2.75) is 6.18 Å². The summed E-state index contributed by atoms with van der Waals surface area (Å²) in [5, 5.41) is 11.2. The van der Waals surface area contributed by atoms with E-state index in [0.717, 1.165) is 12.3 Å². The van der Waals surface area contributed by atoms with Gasteiger partial charge >= 0.3 is 6.18 Å². The molecular weight excluding hydrogens is 245 g/mol. The van der Waals surface area contributed by atoms with E-state index in [4.69, 9.17) is 5.21 Å². The van der Waals surface area contributed by atoms with Crippen molar-refractivity contribution in [3.63, 3.8) is 0 Å². The lowest BCUT2D eigenvalue weighted by atomic mass is 10.1. The van der Waals surface area contributed by atoms with Crippen LogP contribution in [0.5, 0.6) is 0 Å². The molecule has 0 aliphatic rings. The van der Waals surface area contributed by atoms with Crippen molar-refractivity contribution < 1.29 is 18.4 Å². The molecule has 0 spiro atoms. The van der Waals surface area contributed by atoms with E-state index >= 15 is 0 Å². The summed E-state index contributed by atoms with van der Waals surface area (Å²) in [5.41, 5.74) is 0.956. The lowest BCUT2D eigenvalue weighted by Gasteiger charge is -2.01. The first kappa shape index (κ1) is 12.2. The molecular formula is C12H9F3N2O. The van der Waals surface area contributed by atoms with Crippen molar-refractivity contribution in [1.29, 1.82) is 0 Å². The number of aromatic amines is 1.